The van der Waals surface area contributed by atoms with Crippen LogP contribution >= 0.6 is 0 Å². The molecule has 0 atom stereocenters. The van der Waals surface area contributed by atoms with Crippen molar-refractivity contribution in [2.24, 2.45) is 0 Å². The fraction of sp³-hybridized carbons (Fsp3) is 0.182. The van der Waals surface area contributed by atoms with E-state index in [1.165, 1.54) is 0 Å². The second kappa shape index (κ2) is 3.80. The molecule has 0 aliphatic rings. The molecule has 0 unspecified atom stereocenters. The van der Waals surface area contributed by atoms with Gasteiger partial charge in [-0.15, -0.1) is 0 Å². The number of hydrogen-bond donors (Lipinski definition) is 1. The van der Waals surface area contributed by atoms with Crippen LogP contribution in [0, 0.1) is 6.92 Å². The van der Waals surface area contributed by atoms with Crippen LogP contribution in [0.4, 0.5) is 13.2 Å². The third-order valence-electron chi connectivity index (χ3n) is 2.23. The molecule has 2 aromatic rings. The van der Waals surface area contributed by atoms with Gasteiger partial charge < -0.3 is 5.11 Å². The molecule has 1 N–H and O–H groups in total. The van der Waals surface area contributed by atoms with Crippen molar-refractivity contribution in [3.8, 4) is 11.6 Å². The topological polar surface area (TPSA) is 38.0 Å². The van der Waals surface area contributed by atoms with E-state index >= 15 is 0 Å². The van der Waals surface area contributed by atoms with Crippen molar-refractivity contribution in [3.63, 3.8) is 0 Å². The summed E-state index contributed by atoms with van der Waals surface area (Å²) in [6.45, 7) is 1.80. The molecule has 17 heavy (non-hydrogen) atoms. The minimum atomic E-state index is -4.56. The summed E-state index contributed by atoms with van der Waals surface area (Å²) in [6.07, 6.45) is -4.56. The number of aryl methyl sites for hydroxylation is 1. The van der Waals surface area contributed by atoms with Gasteiger partial charge in [0.2, 0.25) is 5.88 Å². The van der Waals surface area contributed by atoms with Gasteiger partial charge in [0, 0.05) is 6.07 Å². The number of aromatic nitrogens is 2. The van der Waals surface area contributed by atoms with Crippen molar-refractivity contribution in [2.75, 3.05) is 0 Å². The Balaban J connectivity index is 2.50. The summed E-state index contributed by atoms with van der Waals surface area (Å²) in [4.78, 5) is 0. The summed E-state index contributed by atoms with van der Waals surface area (Å²) in [6, 6.07) is 7.28. The summed E-state index contributed by atoms with van der Waals surface area (Å²) in [5.74, 6) is -0.539. The maximum absolute atomic E-state index is 12.4. The molecule has 6 heteroatoms. The predicted octanol–water partition coefficient (Wildman–Crippen LogP) is 2.91. The zero-order valence-electron chi connectivity index (χ0n) is 8.86. The van der Waals surface area contributed by atoms with Crippen LogP contribution in [0.25, 0.3) is 5.69 Å². The average molecular weight is 242 g/mol. The number of rotatable bonds is 1. The quantitative estimate of drug-likeness (QED) is 0.834. The van der Waals surface area contributed by atoms with Crippen molar-refractivity contribution in [1.29, 1.82) is 0 Å². The van der Waals surface area contributed by atoms with E-state index in [1.807, 2.05) is 0 Å². The average Bonchev–Trinajstić information content (AvgIpc) is 2.60. The molecule has 0 aliphatic heterocycles. The van der Waals surface area contributed by atoms with Gasteiger partial charge in [-0.3, -0.25) is 0 Å². The molecule has 0 saturated carbocycles. The van der Waals surface area contributed by atoms with Gasteiger partial charge in [0.05, 0.1) is 5.69 Å². The Bertz CT molecular complexity index is 546. The molecule has 90 valence electrons. The number of alkyl halides is 3. The summed E-state index contributed by atoms with van der Waals surface area (Å²) in [5.41, 5.74) is 0.139. The lowest BCUT2D eigenvalue weighted by molar-refractivity contribution is -0.141. The van der Waals surface area contributed by atoms with Gasteiger partial charge in [0.25, 0.3) is 0 Å². The van der Waals surface area contributed by atoms with Crippen molar-refractivity contribution in [2.45, 2.75) is 13.1 Å². The Labute approximate surface area is 95.1 Å². The van der Waals surface area contributed by atoms with Crippen LogP contribution in [0.1, 0.15) is 11.3 Å². The van der Waals surface area contributed by atoms with Crippen molar-refractivity contribution < 1.29 is 18.3 Å². The highest BCUT2D eigenvalue weighted by Crippen LogP contribution is 2.31. The maximum atomic E-state index is 12.4. The van der Waals surface area contributed by atoms with Gasteiger partial charge >= 0.3 is 6.18 Å². The lowest BCUT2D eigenvalue weighted by Crippen LogP contribution is -2.07. The lowest BCUT2D eigenvalue weighted by atomic mass is 10.2. The number of nitrogens with zero attached hydrogens (tertiary/aromatic N) is 2. The summed E-state index contributed by atoms with van der Waals surface area (Å²) >= 11 is 0. The van der Waals surface area contributed by atoms with E-state index in [-0.39, 0.29) is 0 Å². The maximum Gasteiger partial charge on any atom is 0.435 e. The third-order valence-corrected chi connectivity index (χ3v) is 2.23. The highest BCUT2D eigenvalue weighted by Gasteiger charge is 2.35. The van der Waals surface area contributed by atoms with E-state index in [2.05, 4.69) is 5.10 Å². The Hall–Kier alpha value is -1.98. The molecule has 0 bridgehead atoms. The number of hydrogen-bond acceptors (Lipinski definition) is 2. The van der Waals surface area contributed by atoms with E-state index in [4.69, 9.17) is 0 Å². The minimum Gasteiger partial charge on any atom is -0.493 e. The first-order valence-corrected chi connectivity index (χ1v) is 4.81. The summed E-state index contributed by atoms with van der Waals surface area (Å²) < 4.78 is 38.0. The molecule has 0 spiro atoms. The molecular weight excluding hydrogens is 233 g/mol. The molecule has 0 fully saturated rings. The number of halogens is 3. The molecule has 0 aliphatic carbocycles. The van der Waals surface area contributed by atoms with Crippen molar-refractivity contribution >= 4 is 0 Å². The molecule has 3 nitrogen and oxygen atoms in total. The molecule has 0 radical (unpaired) electrons. The second-order valence-electron chi connectivity index (χ2n) is 3.64. The standard InChI is InChI=1S/C11H9F3N2O/c1-7-3-2-4-8(5-7)16-10(17)6-9(15-16)11(12,13)14/h2-6,17H,1H3. The zero-order valence-corrected chi connectivity index (χ0v) is 8.86. The zero-order chi connectivity index (χ0) is 12.6. The highest BCUT2D eigenvalue weighted by atomic mass is 19.4. The van der Waals surface area contributed by atoms with Crippen LogP contribution in [0.5, 0.6) is 5.88 Å². The fourth-order valence-electron chi connectivity index (χ4n) is 1.46. The van der Waals surface area contributed by atoms with E-state index in [0.29, 0.717) is 11.8 Å². The SMILES string of the molecule is Cc1cccc(-n2nc(C(F)(F)F)cc2O)c1. The molecular formula is C11H9F3N2O. The minimum absolute atomic E-state index is 0.387. The van der Waals surface area contributed by atoms with Crippen LogP contribution in [0.15, 0.2) is 30.3 Å². The highest BCUT2D eigenvalue weighted by molar-refractivity contribution is 5.38. The van der Waals surface area contributed by atoms with Gasteiger partial charge in [0.15, 0.2) is 5.69 Å². The van der Waals surface area contributed by atoms with Crippen molar-refractivity contribution in [3.05, 3.63) is 41.6 Å². The van der Waals surface area contributed by atoms with Gasteiger partial charge in [0.1, 0.15) is 0 Å². The van der Waals surface area contributed by atoms with Gasteiger partial charge in [-0.2, -0.15) is 18.3 Å². The lowest BCUT2D eigenvalue weighted by Gasteiger charge is -2.04. The van der Waals surface area contributed by atoms with E-state index < -0.39 is 17.8 Å². The molecule has 0 saturated heterocycles. The first-order chi connectivity index (χ1) is 7.88. The predicted molar refractivity (Wildman–Crippen MR) is 55.0 cm³/mol. The molecule has 1 aromatic heterocycles. The monoisotopic (exact) mass is 242 g/mol. The Morgan fingerprint density at radius 2 is 1.94 bits per heavy atom. The molecule has 1 heterocycles. The number of aromatic hydroxyl groups is 1. The van der Waals surface area contributed by atoms with Crippen LogP contribution in [-0.2, 0) is 6.18 Å². The number of benzene rings is 1. The second-order valence-corrected chi connectivity index (χ2v) is 3.64. The van der Waals surface area contributed by atoms with Crippen LogP contribution in [-0.4, -0.2) is 14.9 Å². The molecule has 2 rings (SSSR count). The van der Waals surface area contributed by atoms with Crippen LogP contribution < -0.4 is 0 Å². The van der Waals surface area contributed by atoms with Gasteiger partial charge in [-0.25, -0.2) is 4.68 Å². The van der Waals surface area contributed by atoms with E-state index in [0.717, 1.165) is 10.2 Å². The summed E-state index contributed by atoms with van der Waals surface area (Å²) in [7, 11) is 0. The van der Waals surface area contributed by atoms with Crippen LogP contribution in [0.3, 0.4) is 0 Å². The normalized spacial score (nSPS) is 11.8. The van der Waals surface area contributed by atoms with Crippen LogP contribution in [0.2, 0.25) is 0 Å². The Kier molecular flexibility index (Phi) is 2.57. The van der Waals surface area contributed by atoms with Gasteiger partial charge in [-0.1, -0.05) is 12.1 Å². The largest absolute Gasteiger partial charge is 0.493 e. The smallest absolute Gasteiger partial charge is 0.435 e. The summed E-state index contributed by atoms with van der Waals surface area (Å²) in [5, 5.41) is 12.8. The van der Waals surface area contributed by atoms with Crippen molar-refractivity contribution in [1.82, 2.24) is 9.78 Å². The third kappa shape index (κ3) is 2.25. The van der Waals surface area contributed by atoms with E-state index in [1.54, 1.807) is 31.2 Å². The first kappa shape index (κ1) is 11.5. The molecule has 1 aromatic carbocycles. The Morgan fingerprint density at radius 3 is 2.47 bits per heavy atom. The Morgan fingerprint density at radius 1 is 1.24 bits per heavy atom. The first-order valence-electron chi connectivity index (χ1n) is 4.81. The fourth-order valence-corrected chi connectivity index (χ4v) is 1.46. The van der Waals surface area contributed by atoms with E-state index in [9.17, 15) is 18.3 Å². The van der Waals surface area contributed by atoms with Gasteiger partial charge in [-0.05, 0) is 24.6 Å². The molecule has 0 amide bonds.